The van der Waals surface area contributed by atoms with Gasteiger partial charge < -0.3 is 14.5 Å². The number of ether oxygens (including phenoxy) is 1. The molecule has 1 aliphatic rings. The molecule has 0 radical (unpaired) electrons. The van der Waals surface area contributed by atoms with Crippen molar-refractivity contribution in [1.82, 2.24) is 4.90 Å². The second-order valence-electron chi connectivity index (χ2n) is 7.17. The first-order valence-corrected chi connectivity index (χ1v) is 9.32. The molecule has 3 nitrogen and oxygen atoms in total. The highest BCUT2D eigenvalue weighted by Crippen LogP contribution is 2.25. The Hall–Kier alpha value is -2.00. The Bertz CT molecular complexity index is 643. The summed E-state index contributed by atoms with van der Waals surface area (Å²) in [4.78, 5) is 4.89. The van der Waals surface area contributed by atoms with Crippen molar-refractivity contribution in [3.63, 3.8) is 0 Å². The third-order valence-corrected chi connectivity index (χ3v) is 5.36. The monoisotopic (exact) mass is 338 g/mol. The second-order valence-corrected chi connectivity index (χ2v) is 7.17. The summed E-state index contributed by atoms with van der Waals surface area (Å²) in [6.07, 6.45) is 2.27. The lowest BCUT2D eigenvalue weighted by Crippen LogP contribution is -2.44. The van der Waals surface area contributed by atoms with Gasteiger partial charge in [0.25, 0.3) is 0 Å². The molecule has 1 fully saturated rings. The summed E-state index contributed by atoms with van der Waals surface area (Å²) in [5, 5.41) is 0. The fourth-order valence-electron chi connectivity index (χ4n) is 3.42. The minimum Gasteiger partial charge on any atom is -0.497 e. The van der Waals surface area contributed by atoms with E-state index in [1.54, 1.807) is 7.11 Å². The van der Waals surface area contributed by atoms with Crippen molar-refractivity contribution >= 4 is 5.69 Å². The van der Waals surface area contributed by atoms with Gasteiger partial charge in [-0.05, 0) is 61.2 Å². The number of likely N-dealkylation sites (N-methyl/N-ethyl adjacent to an activating group) is 1. The number of benzene rings is 2. The first-order chi connectivity index (χ1) is 12.2. The number of methoxy groups -OCH3 is 1. The third kappa shape index (κ3) is 4.76. The average Bonchev–Trinajstić information content (AvgIpc) is 2.67. The molecular weight excluding hydrogens is 308 g/mol. The van der Waals surface area contributed by atoms with Gasteiger partial charge in [0.15, 0.2) is 0 Å². The van der Waals surface area contributed by atoms with E-state index in [9.17, 15) is 0 Å². The molecule has 2 aromatic carbocycles. The predicted octanol–water partition coefficient (Wildman–Crippen LogP) is 4.18. The number of piperazine rings is 1. The van der Waals surface area contributed by atoms with Crippen LogP contribution in [0.4, 0.5) is 5.69 Å². The van der Waals surface area contributed by atoms with Gasteiger partial charge in [-0.25, -0.2) is 0 Å². The van der Waals surface area contributed by atoms with Crippen LogP contribution in [0.5, 0.6) is 5.75 Å². The molecule has 0 spiro atoms. The first kappa shape index (κ1) is 17.8. The normalized spacial score (nSPS) is 16.7. The molecule has 3 rings (SSSR count). The Balaban J connectivity index is 1.54. The molecular formula is C22H30N2O. The molecule has 2 aromatic rings. The van der Waals surface area contributed by atoms with Crippen LogP contribution in [0.2, 0.25) is 0 Å². The predicted molar refractivity (Wildman–Crippen MR) is 106 cm³/mol. The number of rotatable bonds is 6. The molecule has 0 aliphatic carbocycles. The number of hydrogen-bond donors (Lipinski definition) is 0. The summed E-state index contributed by atoms with van der Waals surface area (Å²) in [5.74, 6) is 1.50. The zero-order valence-electron chi connectivity index (χ0n) is 15.7. The summed E-state index contributed by atoms with van der Waals surface area (Å²) in [6, 6.07) is 17.6. The van der Waals surface area contributed by atoms with Crippen LogP contribution in [0.1, 0.15) is 30.4 Å². The van der Waals surface area contributed by atoms with Crippen molar-refractivity contribution < 1.29 is 4.74 Å². The Kier molecular flexibility index (Phi) is 5.98. The largest absolute Gasteiger partial charge is 0.497 e. The number of aryl methyl sites for hydroxylation is 1. The second kappa shape index (κ2) is 8.39. The average molecular weight is 338 g/mol. The van der Waals surface area contributed by atoms with Crippen LogP contribution in [0.3, 0.4) is 0 Å². The Labute approximate surface area is 152 Å². The van der Waals surface area contributed by atoms with E-state index >= 15 is 0 Å². The van der Waals surface area contributed by atoms with Crippen molar-refractivity contribution in [1.29, 1.82) is 0 Å². The Morgan fingerprint density at radius 3 is 2.16 bits per heavy atom. The molecule has 0 N–H and O–H groups in total. The molecule has 0 amide bonds. The summed E-state index contributed by atoms with van der Waals surface area (Å²) < 4.78 is 5.22. The van der Waals surface area contributed by atoms with Crippen LogP contribution in [-0.2, 0) is 6.42 Å². The van der Waals surface area contributed by atoms with Crippen LogP contribution in [0.15, 0.2) is 48.5 Å². The molecule has 1 saturated heterocycles. The van der Waals surface area contributed by atoms with Crippen molar-refractivity contribution in [2.75, 3.05) is 45.2 Å². The maximum Gasteiger partial charge on any atom is 0.118 e. The molecule has 0 bridgehead atoms. The smallest absolute Gasteiger partial charge is 0.118 e. The summed E-state index contributed by atoms with van der Waals surface area (Å²) >= 11 is 0. The van der Waals surface area contributed by atoms with Crippen LogP contribution in [0, 0.1) is 0 Å². The van der Waals surface area contributed by atoms with Gasteiger partial charge in [-0.2, -0.15) is 0 Å². The van der Waals surface area contributed by atoms with Crippen molar-refractivity contribution in [2.24, 2.45) is 0 Å². The maximum absolute atomic E-state index is 5.22. The van der Waals surface area contributed by atoms with E-state index < -0.39 is 0 Å². The highest BCUT2D eigenvalue weighted by Gasteiger charge is 2.14. The van der Waals surface area contributed by atoms with Gasteiger partial charge in [0.1, 0.15) is 5.75 Å². The number of nitrogens with zero attached hydrogens (tertiary/aromatic N) is 2. The molecule has 0 saturated carbocycles. The van der Waals surface area contributed by atoms with Gasteiger partial charge in [-0.3, -0.25) is 0 Å². The summed E-state index contributed by atoms with van der Waals surface area (Å²) in [6.45, 7) is 6.89. The summed E-state index contributed by atoms with van der Waals surface area (Å²) in [7, 11) is 3.91. The van der Waals surface area contributed by atoms with E-state index in [0.717, 1.165) is 38.3 Å². The van der Waals surface area contributed by atoms with E-state index in [0.29, 0.717) is 5.92 Å². The molecule has 3 heteroatoms. The first-order valence-electron chi connectivity index (χ1n) is 9.32. The van der Waals surface area contributed by atoms with Crippen LogP contribution >= 0.6 is 0 Å². The van der Waals surface area contributed by atoms with Gasteiger partial charge in [0.2, 0.25) is 0 Å². The maximum atomic E-state index is 5.22. The standard InChI is InChI=1S/C22H30N2O/c1-18(4-5-19-6-12-22(25-3)13-7-19)20-8-10-21(11-9-20)24-16-14-23(2)15-17-24/h6-13,18H,4-5,14-17H2,1-3H3. The van der Waals surface area contributed by atoms with Crippen LogP contribution < -0.4 is 9.64 Å². The minimum absolute atomic E-state index is 0.573. The van der Waals surface area contributed by atoms with Gasteiger partial charge in [0, 0.05) is 31.9 Å². The third-order valence-electron chi connectivity index (χ3n) is 5.36. The van der Waals surface area contributed by atoms with Crippen LogP contribution in [-0.4, -0.2) is 45.2 Å². The molecule has 1 unspecified atom stereocenters. The lowest BCUT2D eigenvalue weighted by molar-refractivity contribution is 0.313. The molecule has 1 aliphatic heterocycles. The lowest BCUT2D eigenvalue weighted by atomic mass is 9.94. The van der Waals surface area contributed by atoms with E-state index in [4.69, 9.17) is 4.74 Å². The lowest BCUT2D eigenvalue weighted by Gasteiger charge is -2.34. The van der Waals surface area contributed by atoms with E-state index in [1.165, 1.54) is 23.2 Å². The van der Waals surface area contributed by atoms with Gasteiger partial charge >= 0.3 is 0 Å². The fraction of sp³-hybridized carbons (Fsp3) is 0.455. The molecule has 25 heavy (non-hydrogen) atoms. The highest BCUT2D eigenvalue weighted by molar-refractivity contribution is 5.48. The zero-order valence-corrected chi connectivity index (χ0v) is 15.7. The van der Waals surface area contributed by atoms with Crippen molar-refractivity contribution in [3.05, 3.63) is 59.7 Å². The van der Waals surface area contributed by atoms with E-state index in [1.807, 2.05) is 12.1 Å². The number of anilines is 1. The fourth-order valence-corrected chi connectivity index (χ4v) is 3.42. The van der Waals surface area contributed by atoms with Crippen LogP contribution in [0.25, 0.3) is 0 Å². The topological polar surface area (TPSA) is 15.7 Å². The quantitative estimate of drug-likeness (QED) is 0.786. The van der Waals surface area contributed by atoms with Crippen molar-refractivity contribution in [2.45, 2.75) is 25.7 Å². The molecule has 1 atom stereocenters. The van der Waals surface area contributed by atoms with E-state index in [2.05, 4.69) is 60.2 Å². The molecule has 134 valence electrons. The Morgan fingerprint density at radius 2 is 1.56 bits per heavy atom. The molecule has 1 heterocycles. The van der Waals surface area contributed by atoms with Gasteiger partial charge in [-0.1, -0.05) is 31.2 Å². The molecule has 0 aromatic heterocycles. The van der Waals surface area contributed by atoms with Crippen molar-refractivity contribution in [3.8, 4) is 5.75 Å². The Morgan fingerprint density at radius 1 is 0.920 bits per heavy atom. The zero-order chi connectivity index (χ0) is 17.6. The minimum atomic E-state index is 0.573. The number of hydrogen-bond acceptors (Lipinski definition) is 3. The summed E-state index contributed by atoms with van der Waals surface area (Å²) in [5.41, 5.74) is 4.17. The van der Waals surface area contributed by atoms with Gasteiger partial charge in [0.05, 0.1) is 7.11 Å². The van der Waals surface area contributed by atoms with Gasteiger partial charge in [-0.15, -0.1) is 0 Å². The van der Waals surface area contributed by atoms with E-state index in [-0.39, 0.29) is 0 Å². The highest BCUT2D eigenvalue weighted by atomic mass is 16.5. The SMILES string of the molecule is COc1ccc(CCC(C)c2ccc(N3CCN(C)CC3)cc2)cc1.